The lowest BCUT2D eigenvalue weighted by Gasteiger charge is -2.17. The van der Waals surface area contributed by atoms with Gasteiger partial charge in [-0.25, -0.2) is 15.0 Å². The summed E-state index contributed by atoms with van der Waals surface area (Å²) in [6, 6.07) is 83.1. The molecule has 316 valence electrons. The van der Waals surface area contributed by atoms with E-state index in [1.165, 1.54) is 63.6 Å². The van der Waals surface area contributed by atoms with E-state index >= 15 is 0 Å². The zero-order valence-electron chi connectivity index (χ0n) is 36.6. The number of fused-ring (bicyclic) bond motifs is 9. The first-order valence-corrected chi connectivity index (χ1v) is 23.8. The molecule has 0 aliphatic heterocycles. The average Bonchev–Trinajstić information content (AvgIpc) is 3.93. The van der Waals surface area contributed by atoms with Crippen LogP contribution in [0, 0.1) is 0 Å². The van der Waals surface area contributed by atoms with Gasteiger partial charge in [-0.05, 0) is 110 Å². The van der Waals surface area contributed by atoms with Crippen molar-refractivity contribution in [2.75, 3.05) is 0 Å². The van der Waals surface area contributed by atoms with Crippen LogP contribution in [0.4, 0.5) is 0 Å². The van der Waals surface area contributed by atoms with Crippen molar-refractivity contribution in [1.29, 1.82) is 0 Å². The Kier molecular flexibility index (Phi) is 8.73. The van der Waals surface area contributed by atoms with Crippen LogP contribution in [0.2, 0.25) is 0 Å². The van der Waals surface area contributed by atoms with Crippen LogP contribution in [0.3, 0.4) is 0 Å². The quantitative estimate of drug-likeness (QED) is 0.167. The maximum absolute atomic E-state index is 5.40. The first-order valence-electron chi connectivity index (χ1n) is 23.0. The lowest BCUT2D eigenvalue weighted by atomic mass is 9.94. The van der Waals surface area contributed by atoms with Gasteiger partial charge in [-0.1, -0.05) is 170 Å². The number of benzene rings is 11. The van der Waals surface area contributed by atoms with Crippen molar-refractivity contribution in [3.63, 3.8) is 0 Å². The monoisotopic (exact) mass is 882 g/mol. The highest BCUT2D eigenvalue weighted by Gasteiger charge is 2.21. The van der Waals surface area contributed by atoms with Gasteiger partial charge < -0.3 is 4.57 Å². The van der Waals surface area contributed by atoms with Crippen molar-refractivity contribution in [3.05, 3.63) is 231 Å². The van der Waals surface area contributed by atoms with Gasteiger partial charge in [0.05, 0.1) is 16.7 Å². The maximum Gasteiger partial charge on any atom is 0.164 e. The average molecular weight is 883 g/mol. The Morgan fingerprint density at radius 2 is 0.794 bits per heavy atom. The Morgan fingerprint density at radius 1 is 0.279 bits per heavy atom. The molecule has 0 saturated heterocycles. The van der Waals surface area contributed by atoms with E-state index in [1.807, 2.05) is 18.2 Å². The summed E-state index contributed by atoms with van der Waals surface area (Å²) >= 11 is 1.80. The third kappa shape index (κ3) is 6.32. The largest absolute Gasteiger partial charge is 0.309 e. The lowest BCUT2D eigenvalue weighted by Crippen LogP contribution is -2.02. The Bertz CT molecular complexity index is 4230. The molecule has 0 unspecified atom stereocenters. The highest BCUT2D eigenvalue weighted by Crippen LogP contribution is 2.43. The fraction of sp³-hybridized carbons (Fsp3) is 0. The van der Waals surface area contributed by atoms with E-state index in [2.05, 4.69) is 217 Å². The van der Waals surface area contributed by atoms with E-state index in [9.17, 15) is 0 Å². The van der Waals surface area contributed by atoms with E-state index in [1.54, 1.807) is 11.3 Å². The molecule has 0 aliphatic carbocycles. The third-order valence-corrected chi connectivity index (χ3v) is 14.7. The van der Waals surface area contributed by atoms with Crippen molar-refractivity contribution < 1.29 is 0 Å². The van der Waals surface area contributed by atoms with Crippen LogP contribution in [-0.4, -0.2) is 19.5 Å². The van der Waals surface area contributed by atoms with Gasteiger partial charge in [-0.3, -0.25) is 0 Å². The van der Waals surface area contributed by atoms with Crippen LogP contribution in [0.15, 0.2) is 231 Å². The van der Waals surface area contributed by atoms with Gasteiger partial charge in [0, 0.05) is 53.0 Å². The number of rotatable bonds is 6. The van der Waals surface area contributed by atoms with Crippen molar-refractivity contribution in [2.45, 2.75) is 0 Å². The van der Waals surface area contributed by atoms with Crippen molar-refractivity contribution >= 4 is 85.6 Å². The molecule has 14 aromatic rings. The summed E-state index contributed by atoms with van der Waals surface area (Å²) in [4.78, 5) is 15.9. The van der Waals surface area contributed by atoms with E-state index in [0.717, 1.165) is 55.3 Å². The van der Waals surface area contributed by atoms with E-state index in [-0.39, 0.29) is 0 Å². The summed E-state index contributed by atoms with van der Waals surface area (Å²) in [7, 11) is 0. The van der Waals surface area contributed by atoms with Crippen molar-refractivity contribution in [1.82, 2.24) is 19.5 Å². The standard InChI is InChI=1S/C63H38N4S/c1-3-14-39(15-4-1)41-22-13-23-42(32-41)47-26-28-49-53(33-47)52(30-31-56(49)67-57-36-45-20-9-7-18-43(45)34-54(57)55-35-44-19-8-10-21-46(44)37-58(55)67)63-65-61(40-16-5-2-6-17-40)64-62(66-63)48-27-29-51-50-24-11-12-25-59(50)68-60(51)38-48/h1-38H. The van der Waals surface area contributed by atoms with Crippen LogP contribution in [0.5, 0.6) is 0 Å². The molecule has 0 radical (unpaired) electrons. The molecule has 0 spiro atoms. The fourth-order valence-electron chi connectivity index (χ4n) is 10.3. The SMILES string of the molecule is c1ccc(-c2cccc(-c3ccc4c(-n5c6cc7ccccc7cc6c6cc7ccccc7cc65)ccc(-c5nc(-c6ccccc6)nc(-c6ccc7c(c6)sc6ccccc67)n5)c4c3)c2)cc1. The zero-order chi connectivity index (χ0) is 44.7. The van der Waals surface area contributed by atoms with Gasteiger partial charge in [-0.15, -0.1) is 11.3 Å². The highest BCUT2D eigenvalue weighted by atomic mass is 32.1. The second-order valence-electron chi connectivity index (χ2n) is 17.6. The van der Waals surface area contributed by atoms with E-state index in [4.69, 9.17) is 15.0 Å². The second kappa shape index (κ2) is 15.4. The fourth-order valence-corrected chi connectivity index (χ4v) is 11.4. The number of hydrogen-bond acceptors (Lipinski definition) is 4. The zero-order valence-corrected chi connectivity index (χ0v) is 37.5. The Labute approximate surface area is 395 Å². The summed E-state index contributed by atoms with van der Waals surface area (Å²) < 4.78 is 4.94. The molecule has 5 heteroatoms. The Hall–Kier alpha value is -8.77. The molecule has 4 nitrogen and oxygen atoms in total. The minimum Gasteiger partial charge on any atom is -0.309 e. The molecule has 0 N–H and O–H groups in total. The van der Waals surface area contributed by atoms with Crippen molar-refractivity contribution in [2.24, 2.45) is 0 Å². The van der Waals surface area contributed by atoms with Crippen LogP contribution in [-0.2, 0) is 0 Å². The van der Waals surface area contributed by atoms with Crippen LogP contribution < -0.4 is 0 Å². The number of hydrogen-bond donors (Lipinski definition) is 0. The first kappa shape index (κ1) is 38.5. The molecule has 68 heavy (non-hydrogen) atoms. The molecule has 11 aromatic carbocycles. The lowest BCUT2D eigenvalue weighted by molar-refractivity contribution is 1.08. The van der Waals surface area contributed by atoms with Gasteiger partial charge in [-0.2, -0.15) is 0 Å². The van der Waals surface area contributed by atoms with Gasteiger partial charge in [0.2, 0.25) is 0 Å². The predicted molar refractivity (Wildman–Crippen MR) is 287 cm³/mol. The molecule has 3 aromatic heterocycles. The van der Waals surface area contributed by atoms with Gasteiger partial charge in [0.25, 0.3) is 0 Å². The molecule has 0 fully saturated rings. The smallest absolute Gasteiger partial charge is 0.164 e. The van der Waals surface area contributed by atoms with Gasteiger partial charge >= 0.3 is 0 Å². The Morgan fingerprint density at radius 3 is 1.50 bits per heavy atom. The number of nitrogens with zero attached hydrogens (tertiary/aromatic N) is 4. The van der Waals surface area contributed by atoms with Crippen molar-refractivity contribution in [3.8, 4) is 62.1 Å². The summed E-state index contributed by atoms with van der Waals surface area (Å²) in [6.07, 6.45) is 0. The number of thiophene rings is 1. The van der Waals surface area contributed by atoms with Crippen LogP contribution in [0.25, 0.3) is 136 Å². The predicted octanol–water partition coefficient (Wildman–Crippen LogP) is 17.1. The van der Waals surface area contributed by atoms with Gasteiger partial charge in [0.15, 0.2) is 17.5 Å². The molecule has 14 rings (SSSR count). The molecule has 0 saturated carbocycles. The molecule has 3 heterocycles. The topological polar surface area (TPSA) is 43.6 Å². The summed E-state index contributed by atoms with van der Waals surface area (Å²) in [5.74, 6) is 1.89. The summed E-state index contributed by atoms with van der Waals surface area (Å²) in [5, 5.41) is 12.0. The minimum absolute atomic E-state index is 0.622. The normalized spacial score (nSPS) is 11.8. The third-order valence-electron chi connectivity index (χ3n) is 13.6. The molecular formula is C63H38N4S. The maximum atomic E-state index is 5.40. The second-order valence-corrected chi connectivity index (χ2v) is 18.7. The Balaban J connectivity index is 1.04. The van der Waals surface area contributed by atoms with Gasteiger partial charge in [0.1, 0.15) is 0 Å². The molecule has 0 atom stereocenters. The van der Waals surface area contributed by atoms with E-state index in [0.29, 0.717) is 17.5 Å². The highest BCUT2D eigenvalue weighted by molar-refractivity contribution is 7.25. The van der Waals surface area contributed by atoms with Crippen LogP contribution >= 0.6 is 11.3 Å². The first-order chi connectivity index (χ1) is 33.7. The molecule has 0 bridgehead atoms. The summed E-state index contributed by atoms with van der Waals surface area (Å²) in [6.45, 7) is 0. The number of aromatic nitrogens is 4. The molecule has 0 aliphatic rings. The molecule has 0 amide bonds. The minimum atomic E-state index is 0.622. The van der Waals surface area contributed by atoms with E-state index < -0.39 is 0 Å². The van der Waals surface area contributed by atoms with Crippen LogP contribution in [0.1, 0.15) is 0 Å². The summed E-state index contributed by atoms with van der Waals surface area (Å²) in [5.41, 5.74) is 10.8. The molecular weight excluding hydrogens is 845 g/mol.